The molecule has 4 rings (SSSR count). The number of urea groups is 1. The molecule has 0 bridgehead atoms. The van der Waals surface area contributed by atoms with Crippen LogP contribution in [0.2, 0.25) is 0 Å². The van der Waals surface area contributed by atoms with Crippen molar-refractivity contribution in [1.82, 2.24) is 4.90 Å². The maximum absolute atomic E-state index is 13.2. The fourth-order valence-electron chi connectivity index (χ4n) is 4.35. The van der Waals surface area contributed by atoms with Crippen LogP contribution in [0.4, 0.5) is 21.9 Å². The van der Waals surface area contributed by atoms with E-state index in [1.54, 1.807) is 0 Å². The van der Waals surface area contributed by atoms with Gasteiger partial charge in [0.2, 0.25) is 0 Å². The van der Waals surface area contributed by atoms with E-state index in [2.05, 4.69) is 29.4 Å². The summed E-state index contributed by atoms with van der Waals surface area (Å²) >= 11 is 0. The first-order valence-corrected chi connectivity index (χ1v) is 11.4. The smallest absolute Gasteiger partial charge is 0.323 e. The molecule has 31 heavy (non-hydrogen) atoms. The Morgan fingerprint density at radius 2 is 1.39 bits per heavy atom. The average Bonchev–Trinajstić information content (AvgIpc) is 3.48. The third-order valence-electron chi connectivity index (χ3n) is 6.16. The molecule has 0 spiro atoms. The normalized spacial score (nSPS) is 16.1. The standard InChI is InChI=1S/C25H32N4O2/c1-18(2)19-7-9-20(10-8-19)26-25(31)27-21-11-12-23(28-13-3-4-14-28)22(17-21)24(30)29-15-5-6-16-29/h7-12,17-18H,3-6,13-16H2,1-2H3,(H2,26,27,31). The number of rotatable bonds is 5. The van der Waals surface area contributed by atoms with Crippen molar-refractivity contribution in [3.8, 4) is 0 Å². The average molecular weight is 421 g/mol. The van der Waals surface area contributed by atoms with Gasteiger partial charge >= 0.3 is 6.03 Å². The van der Waals surface area contributed by atoms with Gasteiger partial charge in [0.15, 0.2) is 0 Å². The largest absolute Gasteiger partial charge is 0.371 e. The lowest BCUT2D eigenvalue weighted by atomic mass is 10.0. The molecular weight excluding hydrogens is 388 g/mol. The van der Waals surface area contributed by atoms with Gasteiger partial charge in [0.25, 0.3) is 5.91 Å². The summed E-state index contributed by atoms with van der Waals surface area (Å²) in [4.78, 5) is 30.0. The fourth-order valence-corrected chi connectivity index (χ4v) is 4.35. The number of carbonyl (C=O) groups is 2. The molecule has 2 saturated heterocycles. The molecular formula is C25H32N4O2. The van der Waals surface area contributed by atoms with Crippen molar-refractivity contribution in [2.75, 3.05) is 41.7 Å². The highest BCUT2D eigenvalue weighted by atomic mass is 16.2. The lowest BCUT2D eigenvalue weighted by Gasteiger charge is -2.24. The van der Waals surface area contributed by atoms with E-state index in [0.29, 0.717) is 17.2 Å². The zero-order valence-electron chi connectivity index (χ0n) is 18.5. The van der Waals surface area contributed by atoms with Gasteiger partial charge in [-0.2, -0.15) is 0 Å². The van der Waals surface area contributed by atoms with E-state index in [1.807, 2.05) is 47.4 Å². The van der Waals surface area contributed by atoms with Crippen molar-refractivity contribution in [3.63, 3.8) is 0 Å². The van der Waals surface area contributed by atoms with Gasteiger partial charge in [0, 0.05) is 43.2 Å². The molecule has 164 valence electrons. The molecule has 0 atom stereocenters. The van der Waals surface area contributed by atoms with Crippen LogP contribution in [0.3, 0.4) is 0 Å². The molecule has 0 radical (unpaired) electrons. The van der Waals surface area contributed by atoms with Crippen LogP contribution in [0, 0.1) is 0 Å². The van der Waals surface area contributed by atoms with Crippen LogP contribution in [0.1, 0.15) is 61.4 Å². The Labute approximate surface area is 184 Å². The molecule has 2 aliphatic heterocycles. The molecule has 2 aromatic carbocycles. The second-order valence-electron chi connectivity index (χ2n) is 8.78. The number of amides is 3. The number of carbonyl (C=O) groups excluding carboxylic acids is 2. The van der Waals surface area contributed by atoms with Crippen LogP contribution < -0.4 is 15.5 Å². The van der Waals surface area contributed by atoms with Crippen molar-refractivity contribution in [3.05, 3.63) is 53.6 Å². The number of hydrogen-bond acceptors (Lipinski definition) is 3. The first-order chi connectivity index (χ1) is 15.0. The van der Waals surface area contributed by atoms with E-state index in [4.69, 9.17) is 0 Å². The number of anilines is 3. The number of hydrogen-bond donors (Lipinski definition) is 2. The second kappa shape index (κ2) is 9.41. The van der Waals surface area contributed by atoms with Gasteiger partial charge in [0.05, 0.1) is 5.56 Å². The van der Waals surface area contributed by atoms with Crippen LogP contribution >= 0.6 is 0 Å². The van der Waals surface area contributed by atoms with Crippen LogP contribution in [-0.2, 0) is 0 Å². The highest BCUT2D eigenvalue weighted by Gasteiger charge is 2.25. The van der Waals surface area contributed by atoms with Gasteiger partial charge in [0.1, 0.15) is 0 Å². The molecule has 6 nitrogen and oxygen atoms in total. The molecule has 2 fully saturated rings. The SMILES string of the molecule is CC(C)c1ccc(NC(=O)Nc2ccc(N3CCCC3)c(C(=O)N3CCCC3)c2)cc1. The first kappa shape index (κ1) is 21.2. The molecule has 0 aliphatic carbocycles. The summed E-state index contributed by atoms with van der Waals surface area (Å²) in [6.07, 6.45) is 4.41. The van der Waals surface area contributed by atoms with E-state index in [-0.39, 0.29) is 11.9 Å². The number of nitrogens with one attached hydrogen (secondary N) is 2. The van der Waals surface area contributed by atoms with Crippen molar-refractivity contribution in [2.45, 2.75) is 45.4 Å². The topological polar surface area (TPSA) is 64.7 Å². The minimum atomic E-state index is -0.314. The number of benzene rings is 2. The maximum atomic E-state index is 13.2. The predicted molar refractivity (Wildman–Crippen MR) is 126 cm³/mol. The van der Waals surface area contributed by atoms with E-state index in [1.165, 1.54) is 5.56 Å². The highest BCUT2D eigenvalue weighted by Crippen LogP contribution is 2.29. The Balaban J connectivity index is 1.50. The Kier molecular flexibility index (Phi) is 6.44. The zero-order chi connectivity index (χ0) is 21.8. The third kappa shape index (κ3) is 5.01. The molecule has 2 aliphatic rings. The van der Waals surface area contributed by atoms with Gasteiger partial charge < -0.3 is 20.4 Å². The Bertz CT molecular complexity index is 927. The van der Waals surface area contributed by atoms with Crippen molar-refractivity contribution in [2.24, 2.45) is 0 Å². The van der Waals surface area contributed by atoms with Crippen LogP contribution in [0.15, 0.2) is 42.5 Å². The molecule has 2 aromatic rings. The van der Waals surface area contributed by atoms with Crippen molar-refractivity contribution >= 4 is 29.0 Å². The first-order valence-electron chi connectivity index (χ1n) is 11.4. The van der Waals surface area contributed by atoms with Gasteiger partial charge in [-0.1, -0.05) is 26.0 Å². The van der Waals surface area contributed by atoms with Crippen LogP contribution in [0.5, 0.6) is 0 Å². The summed E-state index contributed by atoms with van der Waals surface area (Å²) in [5.74, 6) is 0.510. The molecule has 0 saturated carbocycles. The predicted octanol–water partition coefficient (Wildman–Crippen LogP) is 5.29. The highest BCUT2D eigenvalue weighted by molar-refractivity contribution is 6.04. The molecule has 0 unspecified atom stereocenters. The van der Waals surface area contributed by atoms with E-state index in [9.17, 15) is 9.59 Å². The lowest BCUT2D eigenvalue weighted by Crippen LogP contribution is -2.30. The van der Waals surface area contributed by atoms with Crippen LogP contribution in [-0.4, -0.2) is 43.0 Å². The second-order valence-corrected chi connectivity index (χ2v) is 8.78. The zero-order valence-corrected chi connectivity index (χ0v) is 18.5. The minimum absolute atomic E-state index is 0.0627. The molecule has 2 heterocycles. The summed E-state index contributed by atoms with van der Waals surface area (Å²) < 4.78 is 0. The maximum Gasteiger partial charge on any atom is 0.323 e. The van der Waals surface area contributed by atoms with Gasteiger partial charge in [-0.3, -0.25) is 4.79 Å². The van der Waals surface area contributed by atoms with E-state index < -0.39 is 0 Å². The van der Waals surface area contributed by atoms with E-state index in [0.717, 1.165) is 63.2 Å². The summed E-state index contributed by atoms with van der Waals surface area (Å²) in [6.45, 7) is 7.84. The summed E-state index contributed by atoms with van der Waals surface area (Å²) in [5.41, 5.74) is 4.26. The van der Waals surface area contributed by atoms with Gasteiger partial charge in [-0.25, -0.2) is 4.79 Å². The Morgan fingerprint density at radius 1 is 0.806 bits per heavy atom. The fraction of sp³-hybridized carbons (Fsp3) is 0.440. The van der Waals surface area contributed by atoms with Crippen LogP contribution in [0.25, 0.3) is 0 Å². The van der Waals surface area contributed by atoms with Crippen molar-refractivity contribution in [1.29, 1.82) is 0 Å². The molecule has 3 amide bonds. The summed E-state index contributed by atoms with van der Waals surface area (Å²) in [5, 5.41) is 5.77. The summed E-state index contributed by atoms with van der Waals surface area (Å²) in [7, 11) is 0. The Morgan fingerprint density at radius 3 is 2.03 bits per heavy atom. The number of nitrogens with zero attached hydrogens (tertiary/aromatic N) is 2. The molecule has 0 aromatic heterocycles. The minimum Gasteiger partial charge on any atom is -0.371 e. The third-order valence-corrected chi connectivity index (χ3v) is 6.16. The van der Waals surface area contributed by atoms with Crippen molar-refractivity contribution < 1.29 is 9.59 Å². The lowest BCUT2D eigenvalue weighted by molar-refractivity contribution is 0.0793. The summed E-state index contributed by atoms with van der Waals surface area (Å²) in [6, 6.07) is 13.2. The monoisotopic (exact) mass is 420 g/mol. The quantitative estimate of drug-likeness (QED) is 0.691. The molecule has 2 N–H and O–H groups in total. The Hall–Kier alpha value is -3.02. The van der Waals surface area contributed by atoms with Gasteiger partial charge in [-0.15, -0.1) is 0 Å². The molecule has 6 heteroatoms. The number of likely N-dealkylation sites (tertiary alicyclic amines) is 1. The van der Waals surface area contributed by atoms with Gasteiger partial charge in [-0.05, 0) is 67.5 Å². The van der Waals surface area contributed by atoms with E-state index >= 15 is 0 Å².